The van der Waals surface area contributed by atoms with Crippen molar-refractivity contribution in [3.05, 3.63) is 67.3 Å². The van der Waals surface area contributed by atoms with Crippen molar-refractivity contribution in [1.29, 1.82) is 0 Å². The fourth-order valence-corrected chi connectivity index (χ4v) is 5.14. The van der Waals surface area contributed by atoms with Crippen LogP contribution in [0.4, 0.5) is 0 Å². The standard InChI is InChI=1S/C27H39N5O6/c1-18(2)16-22(23(33)30-32-26(36)28-25(35)29-27(32)37)21(15-9-14-19-10-5-3-6-11-19)24(34)31-38-17-20-12-7-4-8-13-20/h4,7-8,12-13,18-19,21-22H,3,5-6,9-11,14-17H2,1-2H3,(H,30,33)(H,31,34)(H2,28,29,35,36,37)/t21-,22?/m1/s1. The molecule has 0 aliphatic heterocycles. The van der Waals surface area contributed by atoms with Crippen LogP contribution in [0.25, 0.3) is 0 Å². The van der Waals surface area contributed by atoms with Crippen molar-refractivity contribution in [2.24, 2.45) is 23.7 Å². The molecular formula is C27H39N5O6. The maximum Gasteiger partial charge on any atom is 0.353 e. The van der Waals surface area contributed by atoms with E-state index in [1.54, 1.807) is 0 Å². The van der Waals surface area contributed by atoms with Crippen LogP contribution in [0, 0.1) is 23.7 Å². The molecule has 0 bridgehead atoms. The maximum absolute atomic E-state index is 13.4. The molecule has 11 nitrogen and oxygen atoms in total. The van der Waals surface area contributed by atoms with Crippen molar-refractivity contribution in [3.8, 4) is 0 Å². The Morgan fingerprint density at radius 3 is 2.26 bits per heavy atom. The lowest BCUT2D eigenvalue weighted by Gasteiger charge is -2.28. The van der Waals surface area contributed by atoms with Gasteiger partial charge in [-0.15, -0.1) is 4.68 Å². The zero-order valence-corrected chi connectivity index (χ0v) is 22.2. The van der Waals surface area contributed by atoms with Gasteiger partial charge in [0.2, 0.25) is 11.8 Å². The number of hydroxylamine groups is 1. The summed E-state index contributed by atoms with van der Waals surface area (Å²) in [7, 11) is 0. The number of H-pyrrole nitrogens is 2. The number of hydrogen-bond acceptors (Lipinski definition) is 6. The minimum Gasteiger partial charge on any atom is -0.273 e. The molecule has 1 aliphatic rings. The van der Waals surface area contributed by atoms with E-state index >= 15 is 0 Å². The summed E-state index contributed by atoms with van der Waals surface area (Å²) in [6, 6.07) is 9.39. The zero-order chi connectivity index (χ0) is 27.5. The van der Waals surface area contributed by atoms with Crippen molar-refractivity contribution < 1.29 is 14.4 Å². The lowest BCUT2D eigenvalue weighted by Crippen LogP contribution is -2.51. The van der Waals surface area contributed by atoms with Gasteiger partial charge in [0.25, 0.3) is 0 Å². The average Bonchev–Trinajstić information content (AvgIpc) is 2.88. The van der Waals surface area contributed by atoms with Gasteiger partial charge in [-0.2, -0.15) is 0 Å². The van der Waals surface area contributed by atoms with Crippen molar-refractivity contribution >= 4 is 11.8 Å². The molecule has 2 amide bonds. The number of nitrogens with one attached hydrogen (secondary N) is 4. The monoisotopic (exact) mass is 529 g/mol. The summed E-state index contributed by atoms with van der Waals surface area (Å²) in [6.07, 6.45) is 8.63. The Balaban J connectivity index is 1.77. The van der Waals surface area contributed by atoms with Crippen LogP contribution in [0.2, 0.25) is 0 Å². The van der Waals surface area contributed by atoms with Crippen LogP contribution < -0.4 is 28.0 Å². The van der Waals surface area contributed by atoms with Gasteiger partial charge in [-0.05, 0) is 30.2 Å². The van der Waals surface area contributed by atoms with E-state index in [4.69, 9.17) is 4.84 Å². The fourth-order valence-electron chi connectivity index (χ4n) is 5.14. The Bertz CT molecular complexity index is 1180. The fraction of sp³-hybridized carbons (Fsp3) is 0.593. The number of carbonyl (C=O) groups excluding carboxylic acids is 2. The first-order chi connectivity index (χ1) is 18.2. The Morgan fingerprint density at radius 2 is 1.63 bits per heavy atom. The molecular weight excluding hydrogens is 490 g/mol. The molecule has 1 fully saturated rings. The van der Waals surface area contributed by atoms with Gasteiger partial charge in [0.1, 0.15) is 0 Å². The molecule has 3 rings (SSSR count). The van der Waals surface area contributed by atoms with Gasteiger partial charge in [0, 0.05) is 0 Å². The number of amides is 2. The first-order valence-electron chi connectivity index (χ1n) is 13.5. The van der Waals surface area contributed by atoms with E-state index in [0.717, 1.165) is 18.4 Å². The number of rotatable bonds is 13. The van der Waals surface area contributed by atoms with Crippen LogP contribution in [-0.2, 0) is 21.0 Å². The van der Waals surface area contributed by atoms with Gasteiger partial charge in [0.05, 0.1) is 18.4 Å². The molecule has 1 heterocycles. The molecule has 0 saturated heterocycles. The number of nitrogens with zero attached hydrogens (tertiary/aromatic N) is 1. The minimum absolute atomic E-state index is 0.0511. The third kappa shape index (κ3) is 8.83. The maximum atomic E-state index is 13.4. The number of benzene rings is 1. The van der Waals surface area contributed by atoms with E-state index in [2.05, 4.69) is 10.9 Å². The quantitative estimate of drug-likeness (QED) is 0.292. The van der Waals surface area contributed by atoms with Crippen LogP contribution >= 0.6 is 0 Å². The molecule has 0 radical (unpaired) electrons. The molecule has 208 valence electrons. The van der Waals surface area contributed by atoms with E-state index in [-0.39, 0.29) is 12.5 Å². The summed E-state index contributed by atoms with van der Waals surface area (Å²) in [5.74, 6) is -1.98. The number of hydrogen-bond donors (Lipinski definition) is 4. The second kappa shape index (κ2) is 14.5. The molecule has 1 unspecified atom stereocenters. The molecule has 1 aromatic carbocycles. The SMILES string of the molecule is CC(C)CC(C(=O)Nn1c(=O)[nH]c(=O)[nH]c1=O)[C@@H](CCCC1CCCCC1)C(=O)NOCc1ccccc1. The first kappa shape index (κ1) is 29.1. The van der Waals surface area contributed by atoms with E-state index in [9.17, 15) is 24.0 Å². The highest BCUT2D eigenvalue weighted by atomic mass is 16.6. The number of aromatic amines is 2. The van der Waals surface area contributed by atoms with Gasteiger partial charge in [-0.1, -0.05) is 89.1 Å². The normalized spacial score (nSPS) is 15.7. The van der Waals surface area contributed by atoms with Gasteiger partial charge in [0.15, 0.2) is 0 Å². The predicted molar refractivity (Wildman–Crippen MR) is 143 cm³/mol. The van der Waals surface area contributed by atoms with Crippen molar-refractivity contribution in [2.45, 2.75) is 78.2 Å². The van der Waals surface area contributed by atoms with Crippen molar-refractivity contribution in [2.75, 3.05) is 5.43 Å². The third-order valence-electron chi connectivity index (χ3n) is 7.06. The summed E-state index contributed by atoms with van der Waals surface area (Å²) < 4.78 is 0.417. The summed E-state index contributed by atoms with van der Waals surface area (Å²) in [4.78, 5) is 71.7. The van der Waals surface area contributed by atoms with Gasteiger partial charge < -0.3 is 0 Å². The van der Waals surface area contributed by atoms with Gasteiger partial charge in [-0.3, -0.25) is 29.8 Å². The molecule has 2 aromatic rings. The summed E-state index contributed by atoms with van der Waals surface area (Å²) in [5, 5.41) is 0. The van der Waals surface area contributed by atoms with Crippen LogP contribution in [0.15, 0.2) is 44.7 Å². The molecule has 1 aliphatic carbocycles. The van der Waals surface area contributed by atoms with Gasteiger partial charge >= 0.3 is 17.1 Å². The molecule has 2 atom stereocenters. The molecule has 11 heteroatoms. The Morgan fingerprint density at radius 1 is 0.974 bits per heavy atom. The Kier molecular flexibility index (Phi) is 11.1. The van der Waals surface area contributed by atoms with Crippen molar-refractivity contribution in [1.82, 2.24) is 20.1 Å². The second-order valence-electron chi connectivity index (χ2n) is 10.5. The molecule has 1 saturated carbocycles. The van der Waals surface area contributed by atoms with Crippen LogP contribution in [0.5, 0.6) is 0 Å². The smallest absolute Gasteiger partial charge is 0.273 e. The molecule has 1 aromatic heterocycles. The highest BCUT2D eigenvalue weighted by Gasteiger charge is 2.35. The zero-order valence-electron chi connectivity index (χ0n) is 22.2. The molecule has 0 spiro atoms. The first-order valence-corrected chi connectivity index (χ1v) is 13.5. The summed E-state index contributed by atoms with van der Waals surface area (Å²) >= 11 is 0. The largest absolute Gasteiger partial charge is 0.353 e. The van der Waals surface area contributed by atoms with E-state index in [1.165, 1.54) is 32.1 Å². The van der Waals surface area contributed by atoms with Crippen LogP contribution in [0.1, 0.15) is 77.2 Å². The number of carbonyl (C=O) groups is 2. The highest BCUT2D eigenvalue weighted by Crippen LogP contribution is 2.31. The molecule has 4 N–H and O–H groups in total. The highest BCUT2D eigenvalue weighted by molar-refractivity contribution is 5.91. The molecule has 38 heavy (non-hydrogen) atoms. The van der Waals surface area contributed by atoms with Crippen molar-refractivity contribution in [3.63, 3.8) is 0 Å². The van der Waals surface area contributed by atoms with Crippen LogP contribution in [-0.4, -0.2) is 26.5 Å². The van der Waals surface area contributed by atoms with E-state index < -0.39 is 40.7 Å². The van der Waals surface area contributed by atoms with Crippen LogP contribution in [0.3, 0.4) is 0 Å². The predicted octanol–water partition coefficient (Wildman–Crippen LogP) is 2.57. The Hall–Kier alpha value is -3.47. The topological polar surface area (TPSA) is 155 Å². The average molecular weight is 530 g/mol. The minimum atomic E-state index is -1.07. The third-order valence-corrected chi connectivity index (χ3v) is 7.06. The summed E-state index contributed by atoms with van der Waals surface area (Å²) in [5.41, 5.74) is 2.59. The summed E-state index contributed by atoms with van der Waals surface area (Å²) in [6.45, 7) is 4.04. The number of aromatic nitrogens is 3. The second-order valence-corrected chi connectivity index (χ2v) is 10.5. The Labute approximate surface area is 221 Å². The lowest BCUT2D eigenvalue weighted by atomic mass is 9.79. The lowest BCUT2D eigenvalue weighted by molar-refractivity contribution is -0.144. The van der Waals surface area contributed by atoms with E-state index in [0.29, 0.717) is 23.4 Å². The van der Waals surface area contributed by atoms with Gasteiger partial charge in [-0.25, -0.2) is 19.9 Å². The van der Waals surface area contributed by atoms with E-state index in [1.807, 2.05) is 54.1 Å².